The number of carbonyl (C=O) groups is 1. The molecule has 4 rings (SSSR count). The number of nitrogens with one attached hydrogen (secondary N) is 3. The molecule has 2 heterocycles. The molecule has 28 heavy (non-hydrogen) atoms. The Bertz CT molecular complexity index is 1090. The van der Waals surface area contributed by atoms with E-state index < -0.39 is 5.82 Å². The summed E-state index contributed by atoms with van der Waals surface area (Å²) in [5.74, 6) is -0.479. The summed E-state index contributed by atoms with van der Waals surface area (Å²) in [4.78, 5) is 19.8. The van der Waals surface area contributed by atoms with Crippen LogP contribution in [0.1, 0.15) is 17.0 Å². The number of aromatic nitrogens is 2. The van der Waals surface area contributed by atoms with Crippen molar-refractivity contribution in [2.75, 3.05) is 11.9 Å². The SMILES string of the molecule is O=C(NC[C@@H](c1cccnc1)c1c[nH]c2ccccc12)Nc1cccc(F)c1. The number of hydrogen-bond acceptors (Lipinski definition) is 2. The summed E-state index contributed by atoms with van der Waals surface area (Å²) in [5.41, 5.74) is 3.52. The molecule has 140 valence electrons. The fraction of sp³-hybridized carbons (Fsp3) is 0.0909. The number of aromatic amines is 1. The number of fused-ring (bicyclic) bond motifs is 1. The van der Waals surface area contributed by atoms with E-state index in [4.69, 9.17) is 0 Å². The van der Waals surface area contributed by atoms with Crippen molar-refractivity contribution in [2.45, 2.75) is 5.92 Å². The molecule has 0 aliphatic carbocycles. The average Bonchev–Trinajstić information content (AvgIpc) is 3.13. The van der Waals surface area contributed by atoms with E-state index in [1.165, 1.54) is 12.1 Å². The van der Waals surface area contributed by atoms with Crippen LogP contribution in [0.5, 0.6) is 0 Å². The maximum atomic E-state index is 13.3. The first-order valence-corrected chi connectivity index (χ1v) is 8.97. The lowest BCUT2D eigenvalue weighted by molar-refractivity contribution is 0.252. The first-order chi connectivity index (χ1) is 13.7. The number of hydrogen-bond donors (Lipinski definition) is 3. The molecule has 0 fully saturated rings. The van der Waals surface area contributed by atoms with Crippen LogP contribution < -0.4 is 10.6 Å². The Morgan fingerprint density at radius 1 is 1.11 bits per heavy atom. The van der Waals surface area contributed by atoms with Crippen molar-refractivity contribution in [1.29, 1.82) is 0 Å². The van der Waals surface area contributed by atoms with Crippen molar-refractivity contribution < 1.29 is 9.18 Å². The van der Waals surface area contributed by atoms with E-state index >= 15 is 0 Å². The van der Waals surface area contributed by atoms with Gasteiger partial charge in [0.05, 0.1) is 0 Å². The molecule has 0 aliphatic rings. The Kier molecular flexibility index (Phi) is 5.01. The van der Waals surface area contributed by atoms with Crippen molar-refractivity contribution in [3.05, 3.63) is 96.2 Å². The van der Waals surface area contributed by atoms with Gasteiger partial charge in [-0.15, -0.1) is 0 Å². The van der Waals surface area contributed by atoms with Crippen LogP contribution in [0.25, 0.3) is 10.9 Å². The van der Waals surface area contributed by atoms with Gasteiger partial charge in [-0.25, -0.2) is 9.18 Å². The van der Waals surface area contributed by atoms with Crippen LogP contribution in [0.15, 0.2) is 79.3 Å². The van der Waals surface area contributed by atoms with Crippen LogP contribution >= 0.6 is 0 Å². The zero-order valence-corrected chi connectivity index (χ0v) is 15.0. The molecule has 3 N–H and O–H groups in total. The van der Waals surface area contributed by atoms with Gasteiger partial charge in [-0.05, 0) is 41.5 Å². The van der Waals surface area contributed by atoms with Crippen molar-refractivity contribution in [3.8, 4) is 0 Å². The molecule has 0 aliphatic heterocycles. The molecule has 5 nitrogen and oxygen atoms in total. The maximum Gasteiger partial charge on any atom is 0.319 e. The Morgan fingerprint density at radius 3 is 2.82 bits per heavy atom. The summed E-state index contributed by atoms with van der Waals surface area (Å²) in [6, 6.07) is 17.3. The minimum atomic E-state index is -0.398. The van der Waals surface area contributed by atoms with Crippen molar-refractivity contribution in [3.63, 3.8) is 0 Å². The molecule has 2 aromatic carbocycles. The zero-order chi connectivity index (χ0) is 19.3. The van der Waals surface area contributed by atoms with Crippen LogP contribution in [-0.4, -0.2) is 22.5 Å². The van der Waals surface area contributed by atoms with Crippen molar-refractivity contribution >= 4 is 22.6 Å². The highest BCUT2D eigenvalue weighted by Gasteiger charge is 2.19. The molecule has 0 saturated heterocycles. The van der Waals surface area contributed by atoms with E-state index in [0.29, 0.717) is 12.2 Å². The molecule has 0 spiro atoms. The largest absolute Gasteiger partial charge is 0.361 e. The second kappa shape index (κ2) is 7.92. The number of urea groups is 1. The standard InChI is InChI=1S/C22H19FN4O/c23-16-6-3-7-17(11-16)27-22(28)26-13-19(15-5-4-10-24-12-15)20-14-25-21-9-2-1-8-18(20)21/h1-12,14,19,25H,13H2,(H2,26,27,28)/t19-/m0/s1. The molecule has 0 saturated carbocycles. The highest BCUT2D eigenvalue weighted by atomic mass is 19.1. The van der Waals surface area contributed by atoms with Crippen LogP contribution in [-0.2, 0) is 0 Å². The minimum Gasteiger partial charge on any atom is -0.361 e. The Hall–Kier alpha value is -3.67. The van der Waals surface area contributed by atoms with E-state index in [9.17, 15) is 9.18 Å². The lowest BCUT2D eigenvalue weighted by Crippen LogP contribution is -2.32. The van der Waals surface area contributed by atoms with Gasteiger partial charge < -0.3 is 15.6 Å². The number of pyridine rings is 1. The third-order valence-corrected chi connectivity index (χ3v) is 4.63. The highest BCUT2D eigenvalue weighted by molar-refractivity contribution is 5.89. The number of rotatable bonds is 5. The molecule has 2 aromatic heterocycles. The fourth-order valence-corrected chi connectivity index (χ4v) is 3.31. The van der Waals surface area contributed by atoms with Gasteiger partial charge in [0.15, 0.2) is 0 Å². The Labute approximate surface area is 161 Å². The van der Waals surface area contributed by atoms with Crippen LogP contribution in [0.3, 0.4) is 0 Å². The van der Waals surface area contributed by atoms with Crippen LogP contribution in [0, 0.1) is 5.82 Å². The number of para-hydroxylation sites is 1. The summed E-state index contributed by atoms with van der Waals surface area (Å²) >= 11 is 0. The molecular formula is C22H19FN4O. The Balaban J connectivity index is 1.56. The lowest BCUT2D eigenvalue weighted by atomic mass is 9.92. The second-order valence-corrected chi connectivity index (χ2v) is 6.47. The third kappa shape index (κ3) is 3.86. The monoisotopic (exact) mass is 374 g/mol. The van der Waals surface area contributed by atoms with Gasteiger partial charge in [0.1, 0.15) is 5.82 Å². The zero-order valence-electron chi connectivity index (χ0n) is 15.0. The minimum absolute atomic E-state index is 0.0805. The van der Waals surface area contributed by atoms with Crippen LogP contribution in [0.2, 0.25) is 0 Å². The van der Waals surface area contributed by atoms with Crippen molar-refractivity contribution in [2.24, 2.45) is 0 Å². The van der Waals surface area contributed by atoms with Gasteiger partial charge in [-0.3, -0.25) is 4.98 Å². The summed E-state index contributed by atoms with van der Waals surface area (Å²) in [6.07, 6.45) is 5.49. The normalized spacial score (nSPS) is 11.9. The molecule has 0 unspecified atom stereocenters. The molecule has 0 bridgehead atoms. The van der Waals surface area contributed by atoms with Gasteiger partial charge in [0.25, 0.3) is 0 Å². The van der Waals surface area contributed by atoms with Gasteiger partial charge >= 0.3 is 6.03 Å². The number of carbonyl (C=O) groups excluding carboxylic acids is 1. The fourth-order valence-electron chi connectivity index (χ4n) is 3.31. The van der Waals surface area contributed by atoms with E-state index in [1.807, 2.05) is 36.5 Å². The third-order valence-electron chi connectivity index (χ3n) is 4.63. The predicted octanol–water partition coefficient (Wildman–Crippen LogP) is 4.66. The topological polar surface area (TPSA) is 69.8 Å². The van der Waals surface area contributed by atoms with Gasteiger partial charge in [-0.2, -0.15) is 0 Å². The van der Waals surface area contributed by atoms with E-state index in [0.717, 1.165) is 22.0 Å². The van der Waals surface area contributed by atoms with Gasteiger partial charge in [0, 0.05) is 47.6 Å². The van der Waals surface area contributed by atoms with Gasteiger partial charge in [-0.1, -0.05) is 30.3 Å². The Morgan fingerprint density at radius 2 is 2.00 bits per heavy atom. The number of halogens is 1. The predicted molar refractivity (Wildman–Crippen MR) is 108 cm³/mol. The average molecular weight is 374 g/mol. The molecule has 1 atom stereocenters. The lowest BCUT2D eigenvalue weighted by Gasteiger charge is -2.18. The number of anilines is 1. The summed E-state index contributed by atoms with van der Waals surface area (Å²) in [5, 5.41) is 6.65. The molecular weight excluding hydrogens is 355 g/mol. The molecule has 0 radical (unpaired) electrons. The first kappa shape index (κ1) is 17.7. The summed E-state index contributed by atoms with van der Waals surface area (Å²) in [6.45, 7) is 0.370. The van der Waals surface area contributed by atoms with E-state index in [1.54, 1.807) is 24.5 Å². The molecule has 4 aromatic rings. The highest BCUT2D eigenvalue weighted by Crippen LogP contribution is 2.30. The second-order valence-electron chi connectivity index (χ2n) is 6.47. The van der Waals surface area contributed by atoms with Crippen LogP contribution in [0.4, 0.5) is 14.9 Å². The first-order valence-electron chi connectivity index (χ1n) is 8.97. The number of H-pyrrole nitrogens is 1. The smallest absolute Gasteiger partial charge is 0.319 e. The number of benzene rings is 2. The molecule has 6 heteroatoms. The van der Waals surface area contributed by atoms with Gasteiger partial charge in [0.2, 0.25) is 0 Å². The number of amides is 2. The maximum absolute atomic E-state index is 13.3. The summed E-state index contributed by atoms with van der Waals surface area (Å²) in [7, 11) is 0. The molecule has 2 amide bonds. The van der Waals surface area contributed by atoms with Crippen molar-refractivity contribution in [1.82, 2.24) is 15.3 Å². The summed E-state index contributed by atoms with van der Waals surface area (Å²) < 4.78 is 13.3. The number of nitrogens with zero attached hydrogens (tertiary/aromatic N) is 1. The van der Waals surface area contributed by atoms with E-state index in [2.05, 4.69) is 26.7 Å². The quantitative estimate of drug-likeness (QED) is 0.476. The van der Waals surface area contributed by atoms with E-state index in [-0.39, 0.29) is 11.9 Å².